The molecule has 182 valence electrons. The van der Waals surface area contributed by atoms with Crippen molar-refractivity contribution in [3.8, 4) is 11.4 Å². The van der Waals surface area contributed by atoms with Gasteiger partial charge < -0.3 is 0 Å². The first kappa shape index (κ1) is 24.7. The summed E-state index contributed by atoms with van der Waals surface area (Å²) in [6, 6.07) is 15.5. The van der Waals surface area contributed by atoms with Crippen LogP contribution in [0.5, 0.6) is 0 Å². The van der Waals surface area contributed by atoms with E-state index in [0.717, 1.165) is 16.8 Å². The number of thioether (sulfide) groups is 1. The van der Waals surface area contributed by atoms with Crippen LogP contribution in [-0.2, 0) is 7.05 Å². The van der Waals surface area contributed by atoms with Crippen molar-refractivity contribution in [1.29, 1.82) is 0 Å². The number of tetrazole rings is 1. The van der Waals surface area contributed by atoms with Crippen molar-refractivity contribution in [1.82, 2.24) is 29.6 Å². The average molecular weight is 491 g/mol. The third-order valence-corrected chi connectivity index (χ3v) is 7.09. The van der Waals surface area contributed by atoms with Gasteiger partial charge in [-0.05, 0) is 52.4 Å². The Hall–Kier alpha value is -3.46. The van der Waals surface area contributed by atoms with E-state index in [4.69, 9.17) is 0 Å². The molecule has 2 aromatic heterocycles. The van der Waals surface area contributed by atoms with Gasteiger partial charge in [-0.2, -0.15) is 4.68 Å². The molecule has 0 spiro atoms. The van der Waals surface area contributed by atoms with E-state index < -0.39 is 0 Å². The molecular formula is C26H30N6O2S. The molecule has 0 saturated carbocycles. The molecule has 0 aliphatic carbocycles. The third-order valence-electron chi connectivity index (χ3n) is 6.17. The smallest absolute Gasteiger partial charge is 0.293 e. The molecular weight excluding hydrogens is 460 g/mol. The van der Waals surface area contributed by atoms with Crippen molar-refractivity contribution in [3.05, 3.63) is 81.3 Å². The maximum Gasteiger partial charge on any atom is 0.297 e. The van der Waals surface area contributed by atoms with E-state index in [1.165, 1.54) is 22.0 Å². The average Bonchev–Trinajstić information content (AvgIpc) is 3.38. The Morgan fingerprint density at radius 3 is 2.40 bits per heavy atom. The molecule has 0 bridgehead atoms. The van der Waals surface area contributed by atoms with E-state index >= 15 is 0 Å². The van der Waals surface area contributed by atoms with Crippen LogP contribution in [-0.4, -0.2) is 41.1 Å². The van der Waals surface area contributed by atoms with Gasteiger partial charge in [-0.25, -0.2) is 4.68 Å². The van der Waals surface area contributed by atoms with Gasteiger partial charge in [-0.15, -0.1) is 5.10 Å². The zero-order valence-corrected chi connectivity index (χ0v) is 21.7. The molecule has 8 nitrogen and oxygen atoms in total. The van der Waals surface area contributed by atoms with Crippen molar-refractivity contribution in [2.45, 2.75) is 51.6 Å². The summed E-state index contributed by atoms with van der Waals surface area (Å²) in [5.74, 6) is 0.797. The summed E-state index contributed by atoms with van der Waals surface area (Å²) < 4.78 is 4.79. The lowest BCUT2D eigenvalue weighted by molar-refractivity contribution is 0.102. The molecule has 0 amide bonds. The molecule has 0 fully saturated rings. The fourth-order valence-electron chi connectivity index (χ4n) is 4.09. The minimum absolute atomic E-state index is 0.00929. The quantitative estimate of drug-likeness (QED) is 0.263. The highest BCUT2D eigenvalue weighted by Gasteiger charge is 2.23. The lowest BCUT2D eigenvalue weighted by atomic mass is 9.90. The van der Waals surface area contributed by atoms with Crippen LogP contribution < -0.4 is 5.56 Å². The number of para-hydroxylation sites is 1. The van der Waals surface area contributed by atoms with Gasteiger partial charge >= 0.3 is 0 Å². The van der Waals surface area contributed by atoms with E-state index in [2.05, 4.69) is 49.3 Å². The van der Waals surface area contributed by atoms with E-state index in [1.54, 1.807) is 9.36 Å². The number of nitrogens with zero attached hydrogens (tertiary/aromatic N) is 6. The van der Waals surface area contributed by atoms with Gasteiger partial charge in [0.25, 0.3) is 5.56 Å². The number of ketones is 1. The number of rotatable bonds is 8. The largest absolute Gasteiger partial charge is 0.297 e. The summed E-state index contributed by atoms with van der Waals surface area (Å²) in [6.45, 7) is 10.3. The molecule has 0 atom stereocenters. The highest BCUT2D eigenvalue weighted by molar-refractivity contribution is 7.99. The predicted molar refractivity (Wildman–Crippen MR) is 138 cm³/mol. The molecule has 0 aliphatic heterocycles. The summed E-state index contributed by atoms with van der Waals surface area (Å²) in [5, 5.41) is 12.4. The fourth-order valence-corrected chi connectivity index (χ4v) is 4.85. The van der Waals surface area contributed by atoms with Gasteiger partial charge in [-0.1, -0.05) is 75.9 Å². The number of hydrogen-bond acceptors (Lipinski definition) is 6. The maximum absolute atomic E-state index is 13.4. The molecule has 0 radical (unpaired) electrons. The second kappa shape index (κ2) is 10.0. The van der Waals surface area contributed by atoms with E-state index in [-0.39, 0.29) is 23.0 Å². The Balaban J connectivity index is 1.63. The van der Waals surface area contributed by atoms with Crippen molar-refractivity contribution < 1.29 is 4.79 Å². The van der Waals surface area contributed by atoms with Crippen molar-refractivity contribution in [2.24, 2.45) is 7.05 Å². The molecule has 2 aromatic carbocycles. The van der Waals surface area contributed by atoms with Crippen LogP contribution in [0.2, 0.25) is 0 Å². The first-order chi connectivity index (χ1) is 16.7. The SMILES string of the molecule is Cc1c(-n2nnnc2SCC(=O)c2ccc(C(C)C)cc2C(C)C)c(=O)n(-c2ccccc2)n1C. The molecule has 9 heteroatoms. The van der Waals surface area contributed by atoms with Crippen LogP contribution in [0.1, 0.15) is 66.7 Å². The zero-order chi connectivity index (χ0) is 25.3. The second-order valence-corrected chi connectivity index (χ2v) is 10.1. The summed E-state index contributed by atoms with van der Waals surface area (Å²) in [7, 11) is 1.82. The van der Waals surface area contributed by atoms with E-state index in [9.17, 15) is 9.59 Å². The first-order valence-corrected chi connectivity index (χ1v) is 12.6. The molecule has 4 aromatic rings. The number of carbonyl (C=O) groups excluding carboxylic acids is 1. The Morgan fingerprint density at radius 2 is 1.74 bits per heavy atom. The normalized spacial score (nSPS) is 11.5. The fraction of sp³-hybridized carbons (Fsp3) is 0.346. The van der Waals surface area contributed by atoms with Gasteiger partial charge in [0.1, 0.15) is 0 Å². The summed E-state index contributed by atoms with van der Waals surface area (Å²) in [4.78, 5) is 26.6. The minimum atomic E-state index is -0.233. The third kappa shape index (κ3) is 4.73. The van der Waals surface area contributed by atoms with Crippen molar-refractivity contribution >= 4 is 17.5 Å². The van der Waals surface area contributed by atoms with Gasteiger partial charge in [0.2, 0.25) is 5.16 Å². The van der Waals surface area contributed by atoms with Gasteiger partial charge in [-0.3, -0.25) is 14.3 Å². The lowest BCUT2D eigenvalue weighted by Crippen LogP contribution is -2.22. The maximum atomic E-state index is 13.4. The van der Waals surface area contributed by atoms with E-state index in [0.29, 0.717) is 22.5 Å². The minimum Gasteiger partial charge on any atom is -0.293 e. The van der Waals surface area contributed by atoms with Gasteiger partial charge in [0.15, 0.2) is 11.5 Å². The molecule has 0 unspecified atom stereocenters. The van der Waals surface area contributed by atoms with E-state index in [1.807, 2.05) is 56.4 Å². The van der Waals surface area contributed by atoms with Crippen LogP contribution in [0.4, 0.5) is 0 Å². The molecule has 0 aliphatic rings. The lowest BCUT2D eigenvalue weighted by Gasteiger charge is -2.15. The molecule has 4 rings (SSSR count). The van der Waals surface area contributed by atoms with Crippen molar-refractivity contribution in [2.75, 3.05) is 5.75 Å². The monoisotopic (exact) mass is 490 g/mol. The number of carbonyl (C=O) groups is 1. The van der Waals surface area contributed by atoms with Crippen LogP contribution in [0.3, 0.4) is 0 Å². The van der Waals surface area contributed by atoms with Gasteiger partial charge in [0, 0.05) is 12.6 Å². The number of Topliss-reactive ketones (excluding diaryl/α,β-unsaturated/α-hetero) is 1. The first-order valence-electron chi connectivity index (χ1n) is 11.6. The predicted octanol–water partition coefficient (Wildman–Crippen LogP) is 4.68. The topological polar surface area (TPSA) is 87.6 Å². The highest BCUT2D eigenvalue weighted by Crippen LogP contribution is 2.27. The van der Waals surface area contributed by atoms with Crippen LogP contribution in [0.15, 0.2) is 58.5 Å². The molecule has 0 N–H and O–H groups in total. The number of hydrogen-bond donors (Lipinski definition) is 0. The number of benzene rings is 2. The molecule has 35 heavy (non-hydrogen) atoms. The summed E-state index contributed by atoms with van der Waals surface area (Å²) in [5.41, 5.74) is 4.58. The Kier molecular flexibility index (Phi) is 7.07. The highest BCUT2D eigenvalue weighted by atomic mass is 32.2. The van der Waals surface area contributed by atoms with Crippen molar-refractivity contribution in [3.63, 3.8) is 0 Å². The standard InChI is InChI=1S/C26H30N6O2S/c1-16(2)19-12-13-21(22(14-19)17(3)4)23(33)15-35-26-27-28-29-31(26)24-18(5)30(6)32(25(24)34)20-10-8-7-9-11-20/h7-14,16-17H,15H2,1-6H3. The van der Waals surface area contributed by atoms with Crippen LogP contribution in [0, 0.1) is 6.92 Å². The molecule has 2 heterocycles. The summed E-state index contributed by atoms with van der Waals surface area (Å²) in [6.07, 6.45) is 0. The second-order valence-electron chi connectivity index (χ2n) is 9.15. The number of aromatic nitrogens is 6. The van der Waals surface area contributed by atoms with Crippen LogP contribution >= 0.6 is 11.8 Å². The van der Waals surface area contributed by atoms with Crippen LogP contribution in [0.25, 0.3) is 11.4 Å². The summed E-state index contributed by atoms with van der Waals surface area (Å²) >= 11 is 1.23. The zero-order valence-electron chi connectivity index (χ0n) is 20.9. The van der Waals surface area contributed by atoms with Gasteiger partial charge in [0.05, 0.1) is 17.1 Å². The Morgan fingerprint density at radius 1 is 1.03 bits per heavy atom. The molecule has 0 saturated heterocycles. The Bertz CT molecular complexity index is 1420. The Labute approximate surface area is 208 Å².